The van der Waals surface area contributed by atoms with Gasteiger partial charge in [-0.15, -0.1) is 11.3 Å². The monoisotopic (exact) mass is 299 g/mol. The molecule has 0 aliphatic heterocycles. The van der Waals surface area contributed by atoms with Gasteiger partial charge in [-0.1, -0.05) is 6.07 Å². The summed E-state index contributed by atoms with van der Waals surface area (Å²) >= 11 is 1.35. The highest BCUT2D eigenvalue weighted by Gasteiger charge is 2.12. The van der Waals surface area contributed by atoms with Crippen LogP contribution in [0.15, 0.2) is 54.0 Å². The van der Waals surface area contributed by atoms with Crippen LogP contribution in [0.2, 0.25) is 0 Å². The fourth-order valence-electron chi connectivity index (χ4n) is 1.71. The zero-order valence-electron chi connectivity index (χ0n) is 10.8. The van der Waals surface area contributed by atoms with Gasteiger partial charge in [-0.3, -0.25) is 9.78 Å². The molecule has 0 spiro atoms. The molecule has 4 nitrogen and oxygen atoms in total. The lowest BCUT2D eigenvalue weighted by Gasteiger charge is -2.02. The van der Waals surface area contributed by atoms with E-state index in [-0.39, 0.29) is 11.7 Å². The van der Waals surface area contributed by atoms with Crippen LogP contribution in [0.25, 0.3) is 10.7 Å². The first-order valence-electron chi connectivity index (χ1n) is 6.16. The third-order valence-corrected chi connectivity index (χ3v) is 3.59. The highest BCUT2D eigenvalue weighted by Crippen LogP contribution is 2.22. The van der Waals surface area contributed by atoms with E-state index in [0.717, 1.165) is 5.69 Å². The molecule has 0 saturated heterocycles. The largest absolute Gasteiger partial charge is 0.321 e. The van der Waals surface area contributed by atoms with E-state index in [2.05, 4.69) is 15.3 Å². The van der Waals surface area contributed by atoms with Gasteiger partial charge in [-0.05, 0) is 36.4 Å². The first kappa shape index (κ1) is 13.4. The van der Waals surface area contributed by atoms with E-state index in [9.17, 15) is 9.18 Å². The lowest BCUT2D eigenvalue weighted by Crippen LogP contribution is -2.12. The van der Waals surface area contributed by atoms with Gasteiger partial charge in [0.15, 0.2) is 0 Å². The zero-order valence-corrected chi connectivity index (χ0v) is 11.6. The van der Waals surface area contributed by atoms with Gasteiger partial charge in [0, 0.05) is 17.3 Å². The molecule has 104 valence electrons. The molecule has 0 bridgehead atoms. The van der Waals surface area contributed by atoms with E-state index in [1.54, 1.807) is 11.6 Å². The van der Waals surface area contributed by atoms with Gasteiger partial charge >= 0.3 is 0 Å². The molecule has 3 aromatic rings. The number of amides is 1. The first-order chi connectivity index (χ1) is 10.2. The number of pyridine rings is 1. The summed E-state index contributed by atoms with van der Waals surface area (Å²) in [5.41, 5.74) is 1.56. The Labute approximate surface area is 124 Å². The minimum Gasteiger partial charge on any atom is -0.321 e. The lowest BCUT2D eigenvalue weighted by atomic mass is 10.3. The number of thiazole rings is 1. The number of nitrogens with one attached hydrogen (secondary N) is 1. The number of aromatic nitrogens is 2. The number of hydrogen-bond donors (Lipinski definition) is 1. The van der Waals surface area contributed by atoms with Crippen LogP contribution in [0.5, 0.6) is 0 Å². The van der Waals surface area contributed by atoms with Gasteiger partial charge in [0.2, 0.25) is 0 Å². The van der Waals surface area contributed by atoms with Crippen molar-refractivity contribution in [1.82, 2.24) is 9.97 Å². The number of carbonyl (C=O) groups is 1. The molecule has 0 aliphatic carbocycles. The number of halogens is 1. The summed E-state index contributed by atoms with van der Waals surface area (Å²) in [6, 6.07) is 11.1. The summed E-state index contributed by atoms with van der Waals surface area (Å²) in [5.74, 6) is -0.681. The van der Waals surface area contributed by atoms with Crippen LogP contribution in [0.4, 0.5) is 10.1 Å². The number of rotatable bonds is 3. The number of hydrogen-bond acceptors (Lipinski definition) is 4. The summed E-state index contributed by atoms with van der Waals surface area (Å²) in [6.07, 6.45) is 1.68. The van der Waals surface area contributed by atoms with Gasteiger partial charge in [0.1, 0.15) is 16.5 Å². The molecule has 21 heavy (non-hydrogen) atoms. The van der Waals surface area contributed by atoms with Crippen LogP contribution in [-0.2, 0) is 0 Å². The fourth-order valence-corrected chi connectivity index (χ4v) is 2.49. The van der Waals surface area contributed by atoms with E-state index < -0.39 is 0 Å². The minimum atomic E-state index is -0.348. The smallest absolute Gasteiger partial charge is 0.275 e. The fraction of sp³-hybridized carbons (Fsp3) is 0. The zero-order chi connectivity index (χ0) is 14.7. The number of carbonyl (C=O) groups excluding carboxylic acids is 1. The standard InChI is InChI=1S/C15H10FN3OS/c16-10-4-6-11(7-5-10)18-14(20)13-9-21-15(19-13)12-3-1-2-8-17-12/h1-9H,(H,18,20). The Balaban J connectivity index is 1.77. The Bertz CT molecular complexity index is 756. The average molecular weight is 299 g/mol. The van der Waals surface area contributed by atoms with Crippen molar-refractivity contribution >= 4 is 22.9 Å². The molecule has 0 unspecified atom stereocenters. The van der Waals surface area contributed by atoms with Gasteiger partial charge in [-0.2, -0.15) is 0 Å². The molecule has 2 aromatic heterocycles. The molecule has 0 radical (unpaired) electrons. The molecule has 0 atom stereocenters. The Morgan fingerprint density at radius 2 is 1.95 bits per heavy atom. The van der Waals surface area contributed by atoms with E-state index in [4.69, 9.17) is 0 Å². The minimum absolute atomic E-state index is 0.310. The first-order valence-corrected chi connectivity index (χ1v) is 7.04. The second kappa shape index (κ2) is 5.80. The van der Waals surface area contributed by atoms with Crippen molar-refractivity contribution in [3.63, 3.8) is 0 Å². The predicted molar refractivity (Wildman–Crippen MR) is 79.7 cm³/mol. The molecule has 0 saturated carbocycles. The van der Waals surface area contributed by atoms with Crippen LogP contribution >= 0.6 is 11.3 Å². The summed E-state index contributed by atoms with van der Waals surface area (Å²) in [5, 5.41) is 5.02. The third-order valence-electron chi connectivity index (χ3n) is 2.72. The van der Waals surface area contributed by atoms with Gasteiger partial charge in [0.05, 0.1) is 5.69 Å². The third kappa shape index (κ3) is 3.11. The predicted octanol–water partition coefficient (Wildman–Crippen LogP) is 3.60. The van der Waals surface area contributed by atoms with E-state index >= 15 is 0 Å². The maximum Gasteiger partial charge on any atom is 0.275 e. The highest BCUT2D eigenvalue weighted by molar-refractivity contribution is 7.13. The Hall–Kier alpha value is -2.60. The summed E-state index contributed by atoms with van der Waals surface area (Å²) in [7, 11) is 0. The Morgan fingerprint density at radius 3 is 2.67 bits per heavy atom. The van der Waals surface area contributed by atoms with Gasteiger partial charge < -0.3 is 5.32 Å². The van der Waals surface area contributed by atoms with Crippen molar-refractivity contribution < 1.29 is 9.18 Å². The van der Waals surface area contributed by atoms with Gasteiger partial charge in [-0.25, -0.2) is 9.37 Å². The molecule has 0 aliphatic rings. The van der Waals surface area contributed by atoms with E-state index in [1.165, 1.54) is 35.6 Å². The van der Waals surface area contributed by atoms with E-state index in [1.807, 2.05) is 18.2 Å². The Kier molecular flexibility index (Phi) is 3.70. The van der Waals surface area contributed by atoms with Crippen molar-refractivity contribution in [1.29, 1.82) is 0 Å². The number of nitrogens with zero attached hydrogens (tertiary/aromatic N) is 2. The van der Waals surface area contributed by atoms with Crippen molar-refractivity contribution in [2.75, 3.05) is 5.32 Å². The maximum atomic E-state index is 12.8. The lowest BCUT2D eigenvalue weighted by molar-refractivity contribution is 0.102. The summed E-state index contributed by atoms with van der Waals surface area (Å²) in [4.78, 5) is 20.5. The highest BCUT2D eigenvalue weighted by atomic mass is 32.1. The Morgan fingerprint density at radius 1 is 1.14 bits per heavy atom. The number of benzene rings is 1. The van der Waals surface area contributed by atoms with E-state index in [0.29, 0.717) is 16.4 Å². The SMILES string of the molecule is O=C(Nc1ccc(F)cc1)c1csc(-c2ccccn2)n1. The van der Waals surface area contributed by atoms with Crippen LogP contribution < -0.4 is 5.32 Å². The maximum absolute atomic E-state index is 12.8. The molecule has 3 rings (SSSR count). The van der Waals surface area contributed by atoms with Crippen molar-refractivity contribution in [2.24, 2.45) is 0 Å². The quantitative estimate of drug-likeness (QED) is 0.804. The molecule has 6 heteroatoms. The topological polar surface area (TPSA) is 54.9 Å². The molecule has 1 amide bonds. The van der Waals surface area contributed by atoms with Crippen molar-refractivity contribution in [3.8, 4) is 10.7 Å². The molecular formula is C15H10FN3OS. The molecule has 1 aromatic carbocycles. The van der Waals surface area contributed by atoms with Crippen molar-refractivity contribution in [3.05, 3.63) is 65.6 Å². The molecule has 1 N–H and O–H groups in total. The molecular weight excluding hydrogens is 289 g/mol. The normalized spacial score (nSPS) is 10.3. The average Bonchev–Trinajstić information content (AvgIpc) is 3.00. The summed E-state index contributed by atoms with van der Waals surface area (Å²) < 4.78 is 12.8. The second-order valence-electron chi connectivity index (χ2n) is 4.21. The van der Waals surface area contributed by atoms with Crippen LogP contribution in [0.3, 0.4) is 0 Å². The number of anilines is 1. The van der Waals surface area contributed by atoms with Crippen LogP contribution in [-0.4, -0.2) is 15.9 Å². The van der Waals surface area contributed by atoms with Crippen LogP contribution in [0.1, 0.15) is 10.5 Å². The summed E-state index contributed by atoms with van der Waals surface area (Å²) in [6.45, 7) is 0. The van der Waals surface area contributed by atoms with Gasteiger partial charge in [0.25, 0.3) is 5.91 Å². The second-order valence-corrected chi connectivity index (χ2v) is 5.07. The molecule has 2 heterocycles. The van der Waals surface area contributed by atoms with Crippen molar-refractivity contribution in [2.45, 2.75) is 0 Å². The van der Waals surface area contributed by atoms with Crippen LogP contribution in [0, 0.1) is 5.82 Å². The molecule has 0 fully saturated rings.